The average molecular weight is 256 g/mol. The van der Waals surface area contributed by atoms with E-state index in [1.54, 1.807) is 12.1 Å². The molecule has 1 N–H and O–H groups in total. The number of pyridine rings is 2. The Labute approximate surface area is 100 Å². The molecule has 2 aromatic heterocycles. The summed E-state index contributed by atoms with van der Waals surface area (Å²) >= 11 is 4.88. The standard InChI is InChI=1S/C11H7F3N2S/c12-11(13,14)8-4-5-15-6-7(8)9-2-1-3-10(17)16-9/h1-6H,(H,16,17). The molecule has 0 aromatic carbocycles. The second kappa shape index (κ2) is 4.29. The molecule has 0 spiro atoms. The summed E-state index contributed by atoms with van der Waals surface area (Å²) in [6.45, 7) is 0. The van der Waals surface area contributed by atoms with Gasteiger partial charge in [-0.05, 0) is 18.2 Å². The lowest BCUT2D eigenvalue weighted by Crippen LogP contribution is -2.07. The smallest absolute Gasteiger partial charge is 0.346 e. The van der Waals surface area contributed by atoms with Crippen LogP contribution in [-0.2, 0) is 6.18 Å². The maximum Gasteiger partial charge on any atom is 0.417 e. The third-order valence-corrected chi connectivity index (χ3v) is 2.42. The van der Waals surface area contributed by atoms with Gasteiger partial charge in [0.1, 0.15) is 4.64 Å². The first-order valence-electron chi connectivity index (χ1n) is 4.69. The Morgan fingerprint density at radius 2 is 1.94 bits per heavy atom. The highest BCUT2D eigenvalue weighted by Crippen LogP contribution is 2.35. The fourth-order valence-electron chi connectivity index (χ4n) is 1.46. The quantitative estimate of drug-likeness (QED) is 0.786. The molecule has 17 heavy (non-hydrogen) atoms. The predicted octanol–water partition coefficient (Wildman–Crippen LogP) is 3.82. The van der Waals surface area contributed by atoms with Crippen molar-refractivity contribution in [1.82, 2.24) is 9.97 Å². The summed E-state index contributed by atoms with van der Waals surface area (Å²) < 4.78 is 38.7. The van der Waals surface area contributed by atoms with Crippen molar-refractivity contribution in [2.75, 3.05) is 0 Å². The van der Waals surface area contributed by atoms with Crippen LogP contribution in [0.25, 0.3) is 11.3 Å². The number of nitrogens with one attached hydrogen (secondary N) is 1. The van der Waals surface area contributed by atoms with E-state index in [1.807, 2.05) is 0 Å². The van der Waals surface area contributed by atoms with Crippen molar-refractivity contribution < 1.29 is 13.2 Å². The number of halogens is 3. The third kappa shape index (κ3) is 2.52. The van der Waals surface area contributed by atoms with Crippen LogP contribution in [0.15, 0.2) is 36.7 Å². The van der Waals surface area contributed by atoms with E-state index in [0.717, 1.165) is 12.3 Å². The Morgan fingerprint density at radius 3 is 2.59 bits per heavy atom. The second-order valence-electron chi connectivity index (χ2n) is 3.35. The Morgan fingerprint density at radius 1 is 1.18 bits per heavy atom. The molecule has 0 amide bonds. The van der Waals surface area contributed by atoms with E-state index in [1.165, 1.54) is 12.3 Å². The highest BCUT2D eigenvalue weighted by Gasteiger charge is 2.33. The van der Waals surface area contributed by atoms with Gasteiger partial charge < -0.3 is 4.98 Å². The summed E-state index contributed by atoms with van der Waals surface area (Å²) in [7, 11) is 0. The first kappa shape index (κ1) is 11.8. The van der Waals surface area contributed by atoms with Gasteiger partial charge in [0.15, 0.2) is 0 Å². The summed E-state index contributed by atoms with van der Waals surface area (Å²) in [5.41, 5.74) is -0.436. The fraction of sp³-hybridized carbons (Fsp3) is 0.0909. The minimum absolute atomic E-state index is 0.00769. The number of alkyl halides is 3. The van der Waals surface area contributed by atoms with Gasteiger partial charge in [0, 0.05) is 23.7 Å². The molecule has 2 nitrogen and oxygen atoms in total. The maximum atomic E-state index is 12.8. The number of H-pyrrole nitrogens is 1. The highest BCUT2D eigenvalue weighted by atomic mass is 32.1. The van der Waals surface area contributed by atoms with Crippen LogP contribution in [0.4, 0.5) is 13.2 Å². The van der Waals surface area contributed by atoms with E-state index in [4.69, 9.17) is 12.2 Å². The van der Waals surface area contributed by atoms with Crippen molar-refractivity contribution in [1.29, 1.82) is 0 Å². The van der Waals surface area contributed by atoms with Crippen molar-refractivity contribution in [2.24, 2.45) is 0 Å². The van der Waals surface area contributed by atoms with E-state index in [9.17, 15) is 13.2 Å². The summed E-state index contributed by atoms with van der Waals surface area (Å²) in [4.78, 5) is 6.42. The van der Waals surface area contributed by atoms with Gasteiger partial charge in [-0.1, -0.05) is 18.3 Å². The molecule has 0 fully saturated rings. The molecule has 0 atom stereocenters. The summed E-state index contributed by atoms with van der Waals surface area (Å²) in [6.07, 6.45) is -2.13. The van der Waals surface area contributed by atoms with E-state index >= 15 is 0 Å². The van der Waals surface area contributed by atoms with Crippen LogP contribution >= 0.6 is 12.2 Å². The van der Waals surface area contributed by atoms with Gasteiger partial charge in [0.2, 0.25) is 0 Å². The molecule has 2 rings (SSSR count). The lowest BCUT2D eigenvalue weighted by atomic mass is 10.1. The Kier molecular flexibility index (Phi) is 2.97. The number of nitrogens with zero attached hydrogens (tertiary/aromatic N) is 1. The van der Waals surface area contributed by atoms with Gasteiger partial charge in [-0.15, -0.1) is 0 Å². The molecular formula is C11H7F3N2S. The second-order valence-corrected chi connectivity index (χ2v) is 3.79. The molecule has 6 heteroatoms. The van der Waals surface area contributed by atoms with Crippen LogP contribution in [0.5, 0.6) is 0 Å². The molecule has 0 saturated carbocycles. The lowest BCUT2D eigenvalue weighted by molar-refractivity contribution is -0.137. The van der Waals surface area contributed by atoms with Crippen molar-refractivity contribution >= 4 is 12.2 Å². The zero-order valence-electron chi connectivity index (χ0n) is 8.45. The zero-order chi connectivity index (χ0) is 12.5. The van der Waals surface area contributed by atoms with Gasteiger partial charge in [-0.3, -0.25) is 4.98 Å². The normalized spacial score (nSPS) is 11.5. The van der Waals surface area contributed by atoms with Crippen molar-refractivity contribution in [3.05, 3.63) is 46.9 Å². The number of hydrogen-bond donors (Lipinski definition) is 1. The summed E-state index contributed by atoms with van der Waals surface area (Å²) in [5, 5.41) is 0. The third-order valence-electron chi connectivity index (χ3n) is 2.19. The van der Waals surface area contributed by atoms with E-state index in [0.29, 0.717) is 10.3 Å². The fourth-order valence-corrected chi connectivity index (χ4v) is 1.65. The Balaban J connectivity index is 2.64. The molecule has 88 valence electrons. The highest BCUT2D eigenvalue weighted by molar-refractivity contribution is 7.71. The Bertz CT molecular complexity index is 590. The largest absolute Gasteiger partial charge is 0.417 e. The molecule has 0 saturated heterocycles. The molecule has 2 aromatic rings. The maximum absolute atomic E-state index is 12.8. The monoisotopic (exact) mass is 256 g/mol. The van der Waals surface area contributed by atoms with Crippen LogP contribution in [0, 0.1) is 4.64 Å². The van der Waals surface area contributed by atoms with Crippen LogP contribution in [0.2, 0.25) is 0 Å². The van der Waals surface area contributed by atoms with Gasteiger partial charge in [-0.2, -0.15) is 13.2 Å². The van der Waals surface area contributed by atoms with Crippen LogP contribution in [0.1, 0.15) is 5.56 Å². The van der Waals surface area contributed by atoms with Gasteiger partial charge >= 0.3 is 6.18 Å². The molecule has 0 aliphatic heterocycles. The molecule has 0 radical (unpaired) electrons. The van der Waals surface area contributed by atoms with Crippen LogP contribution in [-0.4, -0.2) is 9.97 Å². The predicted molar refractivity (Wildman–Crippen MR) is 59.9 cm³/mol. The van der Waals surface area contributed by atoms with Gasteiger partial charge in [-0.25, -0.2) is 0 Å². The number of aromatic amines is 1. The van der Waals surface area contributed by atoms with Gasteiger partial charge in [0.25, 0.3) is 0 Å². The van der Waals surface area contributed by atoms with Crippen LogP contribution < -0.4 is 0 Å². The molecule has 0 aliphatic rings. The Hall–Kier alpha value is -1.69. The van der Waals surface area contributed by atoms with Crippen molar-refractivity contribution in [3.63, 3.8) is 0 Å². The van der Waals surface area contributed by atoms with Gasteiger partial charge in [0.05, 0.1) is 5.56 Å². The zero-order valence-corrected chi connectivity index (χ0v) is 9.27. The molecule has 2 heterocycles. The number of rotatable bonds is 1. The first-order chi connectivity index (χ1) is 7.98. The molecule has 0 bridgehead atoms. The minimum Gasteiger partial charge on any atom is -0.346 e. The topological polar surface area (TPSA) is 28.7 Å². The van der Waals surface area contributed by atoms with E-state index in [-0.39, 0.29) is 5.56 Å². The summed E-state index contributed by atoms with van der Waals surface area (Å²) in [5.74, 6) is 0. The van der Waals surface area contributed by atoms with Crippen molar-refractivity contribution in [3.8, 4) is 11.3 Å². The molecular weight excluding hydrogens is 249 g/mol. The number of hydrogen-bond acceptors (Lipinski definition) is 2. The first-order valence-corrected chi connectivity index (χ1v) is 5.10. The lowest BCUT2D eigenvalue weighted by Gasteiger charge is -2.11. The van der Waals surface area contributed by atoms with Crippen molar-refractivity contribution in [2.45, 2.75) is 6.18 Å². The van der Waals surface area contributed by atoms with E-state index < -0.39 is 11.7 Å². The molecule has 0 unspecified atom stereocenters. The SMILES string of the molecule is FC(F)(F)c1ccncc1-c1cccc(=S)[nH]1. The minimum atomic E-state index is -4.41. The van der Waals surface area contributed by atoms with Crippen LogP contribution in [0.3, 0.4) is 0 Å². The number of aromatic nitrogens is 2. The van der Waals surface area contributed by atoms with E-state index in [2.05, 4.69) is 9.97 Å². The average Bonchev–Trinajstić information content (AvgIpc) is 2.28. The molecule has 0 aliphatic carbocycles. The summed E-state index contributed by atoms with van der Waals surface area (Å²) in [6, 6.07) is 5.67.